The number of aromatic hydroxyl groups is 1. The second-order valence-electron chi connectivity index (χ2n) is 4.10. The molecule has 2 aromatic rings. The summed E-state index contributed by atoms with van der Waals surface area (Å²) < 4.78 is 0. The molecule has 0 radical (unpaired) electrons. The molecule has 0 aliphatic rings. The molecule has 0 bridgehead atoms. The average molecular weight is 259 g/mol. The lowest BCUT2D eigenvalue weighted by Crippen LogP contribution is -2.16. The van der Waals surface area contributed by atoms with Crippen LogP contribution in [0, 0.1) is 0 Å². The average Bonchev–Trinajstić information content (AvgIpc) is 2.41. The van der Waals surface area contributed by atoms with E-state index in [9.17, 15) is 9.90 Å². The zero-order valence-electron chi connectivity index (χ0n) is 10.2. The van der Waals surface area contributed by atoms with E-state index in [4.69, 9.17) is 0 Å². The Morgan fingerprint density at radius 2 is 1.67 bits per heavy atom. The molecule has 1 unspecified atom stereocenters. The first-order valence-electron chi connectivity index (χ1n) is 5.66. The van der Waals surface area contributed by atoms with Gasteiger partial charge in [0.2, 0.25) is 0 Å². The molecule has 0 aromatic heterocycles. The van der Waals surface area contributed by atoms with Crippen LogP contribution in [-0.4, -0.2) is 16.5 Å². The minimum atomic E-state index is -0.344. The van der Waals surface area contributed by atoms with Crippen molar-refractivity contribution in [3.63, 3.8) is 0 Å². The van der Waals surface area contributed by atoms with Crippen molar-refractivity contribution in [1.29, 1.82) is 0 Å². The molecular weight excluding hydrogens is 244 g/mol. The van der Waals surface area contributed by atoms with Gasteiger partial charge in [0.25, 0.3) is 0 Å². The van der Waals surface area contributed by atoms with Crippen LogP contribution >= 0.6 is 0 Å². The molecule has 0 heterocycles. The molecule has 0 spiro atoms. The minimum Gasteiger partial charge on any atom is -0.508 e. The molecular formula is C15H15O2S+. The molecule has 0 amide bonds. The van der Waals surface area contributed by atoms with E-state index in [2.05, 4.69) is 0 Å². The molecule has 2 nitrogen and oxygen atoms in total. The van der Waals surface area contributed by atoms with Crippen LogP contribution in [0.3, 0.4) is 0 Å². The first-order chi connectivity index (χ1) is 8.66. The van der Waals surface area contributed by atoms with Gasteiger partial charge < -0.3 is 5.11 Å². The Kier molecular flexibility index (Phi) is 4.05. The van der Waals surface area contributed by atoms with E-state index in [1.54, 1.807) is 12.1 Å². The molecule has 0 fully saturated rings. The third kappa shape index (κ3) is 3.14. The van der Waals surface area contributed by atoms with E-state index in [1.165, 1.54) is 0 Å². The Morgan fingerprint density at radius 1 is 1.06 bits per heavy atom. The van der Waals surface area contributed by atoms with Crippen molar-refractivity contribution in [3.05, 3.63) is 65.7 Å². The van der Waals surface area contributed by atoms with Crippen LogP contribution in [-0.2, 0) is 16.6 Å². The summed E-state index contributed by atoms with van der Waals surface area (Å²) in [7, 11) is -0.344. The maximum absolute atomic E-state index is 12.2. The number of carbonyl (C=O) groups excluding carboxylic acids is 1. The van der Waals surface area contributed by atoms with E-state index >= 15 is 0 Å². The molecule has 1 N–H and O–H groups in total. The van der Waals surface area contributed by atoms with Gasteiger partial charge in [-0.25, -0.2) is 4.79 Å². The summed E-state index contributed by atoms with van der Waals surface area (Å²) in [6.45, 7) is 0. The van der Waals surface area contributed by atoms with Crippen LogP contribution in [0.15, 0.2) is 54.6 Å². The molecule has 0 saturated heterocycles. The van der Waals surface area contributed by atoms with E-state index < -0.39 is 0 Å². The van der Waals surface area contributed by atoms with Crippen molar-refractivity contribution >= 4 is 16.0 Å². The van der Waals surface area contributed by atoms with Gasteiger partial charge in [0.1, 0.15) is 17.8 Å². The standard InChI is InChI=1S/C15H14O2S/c1-18(11-12-7-9-14(16)10-8-12)15(17)13-5-3-2-4-6-13/h2-10H,11H2,1H3/p+1. The van der Waals surface area contributed by atoms with Gasteiger partial charge in [-0.3, -0.25) is 0 Å². The maximum Gasteiger partial charge on any atom is 0.361 e. The fraction of sp³-hybridized carbons (Fsp3) is 0.133. The fourth-order valence-electron chi connectivity index (χ4n) is 1.68. The molecule has 92 valence electrons. The molecule has 2 rings (SSSR count). The lowest BCUT2D eigenvalue weighted by Gasteiger charge is -2.02. The van der Waals surface area contributed by atoms with E-state index in [1.807, 2.05) is 48.7 Å². The lowest BCUT2D eigenvalue weighted by atomic mass is 10.2. The number of rotatable bonds is 3. The topological polar surface area (TPSA) is 37.3 Å². The summed E-state index contributed by atoms with van der Waals surface area (Å²) in [5.41, 5.74) is 1.84. The maximum atomic E-state index is 12.2. The molecule has 3 heteroatoms. The second-order valence-corrected chi connectivity index (χ2v) is 6.04. The summed E-state index contributed by atoms with van der Waals surface area (Å²) in [6, 6.07) is 16.4. The molecule has 0 saturated carbocycles. The van der Waals surface area contributed by atoms with Crippen molar-refractivity contribution in [2.45, 2.75) is 5.75 Å². The zero-order valence-corrected chi connectivity index (χ0v) is 11.0. The number of benzene rings is 2. The fourth-order valence-corrected chi connectivity index (χ4v) is 3.05. The number of carbonyl (C=O) groups is 1. The van der Waals surface area contributed by atoms with Crippen molar-refractivity contribution in [1.82, 2.24) is 0 Å². The molecule has 0 aliphatic heterocycles. The highest BCUT2D eigenvalue weighted by molar-refractivity contribution is 8.10. The van der Waals surface area contributed by atoms with Crippen molar-refractivity contribution in [2.24, 2.45) is 0 Å². The van der Waals surface area contributed by atoms with Crippen molar-refractivity contribution in [3.8, 4) is 5.75 Å². The van der Waals surface area contributed by atoms with Crippen LogP contribution in [0.4, 0.5) is 0 Å². The molecule has 1 atom stereocenters. The highest BCUT2D eigenvalue weighted by Gasteiger charge is 2.25. The lowest BCUT2D eigenvalue weighted by molar-refractivity contribution is 0.108. The predicted octanol–water partition coefficient (Wildman–Crippen LogP) is 2.98. The van der Waals surface area contributed by atoms with Gasteiger partial charge in [0.15, 0.2) is 0 Å². The Morgan fingerprint density at radius 3 is 2.28 bits per heavy atom. The number of hydrogen-bond acceptors (Lipinski definition) is 2. The summed E-state index contributed by atoms with van der Waals surface area (Å²) in [6.07, 6.45) is 1.96. The summed E-state index contributed by atoms with van der Waals surface area (Å²) in [5, 5.41) is 9.40. The van der Waals surface area contributed by atoms with Gasteiger partial charge in [-0.05, 0) is 24.3 Å². The normalized spacial score (nSPS) is 12.1. The van der Waals surface area contributed by atoms with Gasteiger partial charge in [-0.15, -0.1) is 0 Å². The zero-order chi connectivity index (χ0) is 13.0. The predicted molar refractivity (Wildman–Crippen MR) is 75.9 cm³/mol. The number of phenolic OH excluding ortho intramolecular Hbond substituents is 1. The van der Waals surface area contributed by atoms with Crippen LogP contribution in [0.5, 0.6) is 5.75 Å². The third-order valence-electron chi connectivity index (χ3n) is 2.65. The molecule has 2 aromatic carbocycles. The van der Waals surface area contributed by atoms with Crippen molar-refractivity contribution in [2.75, 3.05) is 6.26 Å². The van der Waals surface area contributed by atoms with Gasteiger partial charge in [0.05, 0.1) is 16.5 Å². The van der Waals surface area contributed by atoms with Gasteiger partial charge >= 0.3 is 5.12 Å². The van der Waals surface area contributed by atoms with E-state index in [0.717, 1.165) is 11.1 Å². The SMILES string of the molecule is C[S+](Cc1ccc(O)cc1)C(=O)c1ccccc1. The van der Waals surface area contributed by atoms with Crippen LogP contribution in [0.25, 0.3) is 0 Å². The number of phenols is 1. The van der Waals surface area contributed by atoms with Gasteiger partial charge in [-0.1, -0.05) is 30.3 Å². The molecule has 18 heavy (non-hydrogen) atoms. The van der Waals surface area contributed by atoms with Crippen LogP contribution < -0.4 is 0 Å². The number of hydrogen-bond donors (Lipinski definition) is 1. The first kappa shape index (κ1) is 12.7. The highest BCUT2D eigenvalue weighted by Crippen LogP contribution is 2.15. The Balaban J connectivity index is 2.06. The van der Waals surface area contributed by atoms with Crippen LogP contribution in [0.1, 0.15) is 15.9 Å². The minimum absolute atomic E-state index is 0.184. The van der Waals surface area contributed by atoms with Crippen LogP contribution in [0.2, 0.25) is 0 Å². The van der Waals surface area contributed by atoms with Gasteiger partial charge in [0, 0.05) is 5.56 Å². The summed E-state index contributed by atoms with van der Waals surface area (Å²) in [4.78, 5) is 12.2. The second kappa shape index (κ2) is 5.74. The monoisotopic (exact) mass is 259 g/mol. The molecule has 0 aliphatic carbocycles. The van der Waals surface area contributed by atoms with Crippen molar-refractivity contribution < 1.29 is 9.90 Å². The Bertz CT molecular complexity index is 520. The van der Waals surface area contributed by atoms with Gasteiger partial charge in [-0.2, -0.15) is 0 Å². The summed E-state index contributed by atoms with van der Waals surface area (Å²) >= 11 is 0. The summed E-state index contributed by atoms with van der Waals surface area (Å²) in [5.74, 6) is 0.970. The highest BCUT2D eigenvalue weighted by atomic mass is 32.2. The first-order valence-corrected chi connectivity index (χ1v) is 7.47. The smallest absolute Gasteiger partial charge is 0.361 e. The van der Waals surface area contributed by atoms with E-state index in [-0.39, 0.29) is 21.8 Å². The third-order valence-corrected chi connectivity index (χ3v) is 4.28. The van der Waals surface area contributed by atoms with E-state index in [0.29, 0.717) is 5.75 Å². The quantitative estimate of drug-likeness (QED) is 0.860. The Labute approximate surface area is 110 Å². The Hall–Kier alpha value is -1.74. The largest absolute Gasteiger partial charge is 0.508 e.